The summed E-state index contributed by atoms with van der Waals surface area (Å²) in [6.07, 6.45) is 9.33. The number of rotatable bonds is 1. The summed E-state index contributed by atoms with van der Waals surface area (Å²) in [6, 6.07) is 0.349. The van der Waals surface area contributed by atoms with E-state index in [1.165, 1.54) is 38.5 Å². The van der Waals surface area contributed by atoms with Crippen LogP contribution in [-0.2, 0) is 0 Å². The molecule has 5 aliphatic rings. The molecule has 0 aromatic carbocycles. The first kappa shape index (κ1) is 19.8. The van der Waals surface area contributed by atoms with Gasteiger partial charge in [-0.3, -0.25) is 4.90 Å². The summed E-state index contributed by atoms with van der Waals surface area (Å²) in [4.78, 5) is 2.58. The molecule has 160 valence electrons. The molecule has 0 bridgehead atoms. The maximum Gasteiger partial charge on any atom is 0.0698 e. The second-order valence-corrected chi connectivity index (χ2v) is 11.8. The zero-order chi connectivity index (χ0) is 19.7. The van der Waals surface area contributed by atoms with Crippen molar-refractivity contribution in [2.45, 2.75) is 89.9 Å². The van der Waals surface area contributed by atoms with Gasteiger partial charge < -0.3 is 15.5 Å². The predicted octanol–water partition coefficient (Wildman–Crippen LogP) is 3.02. The number of hydrogen-bond acceptors (Lipinski definition) is 4. The van der Waals surface area contributed by atoms with Gasteiger partial charge in [-0.25, -0.2) is 0 Å². The number of aliphatic hydroxyl groups is 2. The fraction of sp³-hybridized carbons (Fsp3) is 1.00. The van der Waals surface area contributed by atoms with Crippen LogP contribution in [-0.4, -0.2) is 59.0 Å². The first-order chi connectivity index (χ1) is 13.3. The standard InChI is InChI=1S/C24H42N2O2/c1-22-15-20(26-12-10-25-11-13-26)21(27)14-16(22)4-5-17-18(22)6-8-23(2)19(17)7-9-24(23,3)28/h16-21,25,27-28H,4-15H2,1-3H3. The lowest BCUT2D eigenvalue weighted by Crippen LogP contribution is -2.62. The highest BCUT2D eigenvalue weighted by Crippen LogP contribution is 2.68. The third-order valence-corrected chi connectivity index (χ3v) is 10.9. The van der Waals surface area contributed by atoms with Crippen LogP contribution in [0.4, 0.5) is 0 Å². The number of aliphatic hydroxyl groups excluding tert-OH is 1. The largest absolute Gasteiger partial charge is 0.391 e. The van der Waals surface area contributed by atoms with Crippen LogP contribution < -0.4 is 5.32 Å². The van der Waals surface area contributed by atoms with Gasteiger partial charge in [0, 0.05) is 32.2 Å². The van der Waals surface area contributed by atoms with E-state index < -0.39 is 5.60 Å². The third kappa shape index (κ3) is 2.70. The van der Waals surface area contributed by atoms with Crippen LogP contribution in [0.5, 0.6) is 0 Å². The maximum absolute atomic E-state index is 11.1. The van der Waals surface area contributed by atoms with Gasteiger partial charge in [0.15, 0.2) is 0 Å². The fourth-order valence-electron chi connectivity index (χ4n) is 8.91. The molecule has 0 aromatic heterocycles. The van der Waals surface area contributed by atoms with E-state index in [1.807, 2.05) is 0 Å². The van der Waals surface area contributed by atoms with Gasteiger partial charge in [-0.2, -0.15) is 0 Å². The lowest BCUT2D eigenvalue weighted by Gasteiger charge is -2.63. The summed E-state index contributed by atoms with van der Waals surface area (Å²) in [5.74, 6) is 2.96. The van der Waals surface area contributed by atoms with Crippen molar-refractivity contribution in [3.63, 3.8) is 0 Å². The summed E-state index contributed by atoms with van der Waals surface area (Å²) < 4.78 is 0. The molecule has 9 unspecified atom stereocenters. The summed E-state index contributed by atoms with van der Waals surface area (Å²) in [5, 5.41) is 25.6. The summed E-state index contributed by atoms with van der Waals surface area (Å²) in [6.45, 7) is 11.4. The van der Waals surface area contributed by atoms with Crippen LogP contribution >= 0.6 is 0 Å². The van der Waals surface area contributed by atoms with Crippen molar-refractivity contribution >= 4 is 0 Å². The van der Waals surface area contributed by atoms with E-state index in [0.717, 1.165) is 50.9 Å². The molecule has 4 heteroatoms. The Morgan fingerprint density at radius 2 is 1.64 bits per heavy atom. The molecule has 28 heavy (non-hydrogen) atoms. The lowest BCUT2D eigenvalue weighted by molar-refractivity contribution is -0.166. The van der Waals surface area contributed by atoms with Crippen molar-refractivity contribution in [3.8, 4) is 0 Å². The Morgan fingerprint density at radius 3 is 2.39 bits per heavy atom. The first-order valence-corrected chi connectivity index (χ1v) is 12.1. The molecule has 0 amide bonds. The second kappa shape index (κ2) is 6.67. The molecule has 4 saturated carbocycles. The molecule has 5 rings (SSSR count). The molecule has 1 heterocycles. The molecule has 0 spiro atoms. The average Bonchev–Trinajstić information content (AvgIpc) is 2.92. The minimum Gasteiger partial charge on any atom is -0.391 e. The fourth-order valence-corrected chi connectivity index (χ4v) is 8.91. The molecule has 1 saturated heterocycles. The number of nitrogens with zero attached hydrogens (tertiary/aromatic N) is 1. The van der Waals surface area contributed by atoms with Crippen molar-refractivity contribution in [2.75, 3.05) is 26.2 Å². The Hall–Kier alpha value is -0.160. The van der Waals surface area contributed by atoms with Gasteiger partial charge in [-0.05, 0) is 92.8 Å². The van der Waals surface area contributed by atoms with Crippen LogP contribution in [0.3, 0.4) is 0 Å². The normalized spacial score (nSPS) is 57.3. The smallest absolute Gasteiger partial charge is 0.0698 e. The second-order valence-electron chi connectivity index (χ2n) is 11.8. The number of fused-ring (bicyclic) bond motifs is 5. The zero-order valence-corrected chi connectivity index (χ0v) is 18.3. The van der Waals surface area contributed by atoms with Crippen LogP contribution in [0.15, 0.2) is 0 Å². The molecule has 3 N–H and O–H groups in total. The number of nitrogens with one attached hydrogen (secondary N) is 1. The lowest BCUT2D eigenvalue weighted by atomic mass is 9.44. The summed E-state index contributed by atoms with van der Waals surface area (Å²) in [5.41, 5.74) is 0.00341. The Balaban J connectivity index is 1.41. The van der Waals surface area contributed by atoms with Crippen molar-refractivity contribution in [1.29, 1.82) is 0 Å². The summed E-state index contributed by atoms with van der Waals surface area (Å²) in [7, 11) is 0. The Kier molecular flexibility index (Phi) is 4.71. The van der Waals surface area contributed by atoms with E-state index in [1.54, 1.807) is 0 Å². The van der Waals surface area contributed by atoms with Crippen molar-refractivity contribution in [2.24, 2.45) is 34.5 Å². The zero-order valence-electron chi connectivity index (χ0n) is 18.3. The minimum atomic E-state index is -0.480. The highest BCUT2D eigenvalue weighted by Gasteiger charge is 2.64. The van der Waals surface area contributed by atoms with Gasteiger partial charge in [0.1, 0.15) is 0 Å². The summed E-state index contributed by atoms with van der Waals surface area (Å²) >= 11 is 0. The quantitative estimate of drug-likeness (QED) is 0.644. The van der Waals surface area contributed by atoms with Gasteiger partial charge in [0.2, 0.25) is 0 Å². The van der Waals surface area contributed by atoms with Gasteiger partial charge in [-0.15, -0.1) is 0 Å². The van der Waals surface area contributed by atoms with E-state index in [0.29, 0.717) is 23.3 Å². The highest BCUT2D eigenvalue weighted by molar-refractivity contribution is 5.14. The van der Waals surface area contributed by atoms with Crippen LogP contribution in [0.25, 0.3) is 0 Å². The molecule has 1 aliphatic heterocycles. The third-order valence-electron chi connectivity index (χ3n) is 10.9. The van der Waals surface area contributed by atoms with E-state index in [2.05, 4.69) is 31.0 Å². The van der Waals surface area contributed by atoms with Crippen LogP contribution in [0, 0.1) is 34.5 Å². The topological polar surface area (TPSA) is 55.7 Å². The highest BCUT2D eigenvalue weighted by atomic mass is 16.3. The molecule has 4 nitrogen and oxygen atoms in total. The molecule has 0 aromatic rings. The Bertz CT molecular complexity index is 603. The number of hydrogen-bond donors (Lipinski definition) is 3. The van der Waals surface area contributed by atoms with E-state index in [4.69, 9.17) is 0 Å². The first-order valence-electron chi connectivity index (χ1n) is 12.1. The number of piperazine rings is 1. The van der Waals surface area contributed by atoms with Gasteiger partial charge >= 0.3 is 0 Å². The molecular formula is C24H42N2O2. The van der Waals surface area contributed by atoms with E-state index in [-0.39, 0.29) is 11.5 Å². The van der Waals surface area contributed by atoms with Crippen molar-refractivity contribution < 1.29 is 10.2 Å². The Morgan fingerprint density at radius 1 is 0.929 bits per heavy atom. The van der Waals surface area contributed by atoms with Crippen molar-refractivity contribution in [3.05, 3.63) is 0 Å². The predicted molar refractivity (Wildman–Crippen MR) is 112 cm³/mol. The van der Waals surface area contributed by atoms with E-state index >= 15 is 0 Å². The van der Waals surface area contributed by atoms with Gasteiger partial charge in [0.05, 0.1) is 11.7 Å². The Labute approximate surface area is 171 Å². The van der Waals surface area contributed by atoms with Gasteiger partial charge in [0.25, 0.3) is 0 Å². The molecule has 0 radical (unpaired) electrons. The van der Waals surface area contributed by atoms with Gasteiger partial charge in [-0.1, -0.05) is 13.8 Å². The monoisotopic (exact) mass is 390 g/mol. The minimum absolute atomic E-state index is 0.115. The SMILES string of the molecule is CC12CC(N3CCNCC3)C(O)CC1CCC1C2CCC2(C)C1CCC2(C)O. The molecular weight excluding hydrogens is 348 g/mol. The van der Waals surface area contributed by atoms with Crippen LogP contribution in [0.1, 0.15) is 72.1 Å². The maximum atomic E-state index is 11.1. The van der Waals surface area contributed by atoms with E-state index in [9.17, 15) is 10.2 Å². The average molecular weight is 391 g/mol. The van der Waals surface area contributed by atoms with Crippen LogP contribution in [0.2, 0.25) is 0 Å². The molecule has 9 atom stereocenters. The molecule has 4 aliphatic carbocycles. The molecule has 5 fully saturated rings. The van der Waals surface area contributed by atoms with Crippen molar-refractivity contribution in [1.82, 2.24) is 10.2 Å².